The van der Waals surface area contributed by atoms with Gasteiger partial charge in [-0.1, -0.05) is 87.2 Å². The largest absolute Gasteiger partial charge is 0.416 e. The number of pyridine rings is 1. The van der Waals surface area contributed by atoms with E-state index in [0.717, 1.165) is 30.2 Å². The number of alkyl halides is 3. The maximum atomic E-state index is 13.8. The summed E-state index contributed by atoms with van der Waals surface area (Å²) in [5.74, 6) is 0.0925. The van der Waals surface area contributed by atoms with Gasteiger partial charge in [0, 0.05) is 11.1 Å². The first kappa shape index (κ1) is 25.4. The smallest absolute Gasteiger partial charge is 0.393 e. The van der Waals surface area contributed by atoms with Gasteiger partial charge in [0.05, 0.1) is 17.4 Å². The highest BCUT2D eigenvalue weighted by atomic mass is 19.4. The minimum atomic E-state index is -4.46. The average molecular weight is 482 g/mol. The quantitative estimate of drug-likeness (QED) is 0.361. The topological polar surface area (TPSA) is 33.1 Å². The van der Waals surface area contributed by atoms with Gasteiger partial charge in [-0.3, -0.25) is 4.98 Å². The lowest BCUT2D eigenvalue weighted by atomic mass is 9.62. The number of aliphatic hydroxyl groups is 1. The molecule has 1 saturated carbocycles. The van der Waals surface area contributed by atoms with E-state index in [1.54, 1.807) is 6.07 Å². The SMILES string of the molecule is Cc1cccc(C(Cc2ccccc2)(c2cccc(C(F)(F)F)c2)C(C)C(O)CC2CCCC2)n1. The van der Waals surface area contributed by atoms with Crippen LogP contribution in [0, 0.1) is 18.8 Å². The van der Waals surface area contributed by atoms with Crippen molar-refractivity contribution in [1.82, 2.24) is 4.98 Å². The van der Waals surface area contributed by atoms with Gasteiger partial charge < -0.3 is 5.11 Å². The Morgan fingerprint density at radius 2 is 1.57 bits per heavy atom. The van der Waals surface area contributed by atoms with E-state index in [1.165, 1.54) is 25.0 Å². The van der Waals surface area contributed by atoms with Gasteiger partial charge in [-0.25, -0.2) is 0 Å². The van der Waals surface area contributed by atoms with E-state index < -0.39 is 23.3 Å². The molecule has 0 saturated heterocycles. The Morgan fingerprint density at radius 1 is 0.914 bits per heavy atom. The molecule has 3 unspecified atom stereocenters. The van der Waals surface area contributed by atoms with Crippen molar-refractivity contribution in [2.24, 2.45) is 11.8 Å². The maximum Gasteiger partial charge on any atom is 0.416 e. The number of benzene rings is 2. The second-order valence-electron chi connectivity index (χ2n) is 10.1. The Morgan fingerprint density at radius 3 is 2.23 bits per heavy atom. The van der Waals surface area contributed by atoms with E-state index in [9.17, 15) is 18.3 Å². The number of hydrogen-bond acceptors (Lipinski definition) is 2. The molecule has 1 fully saturated rings. The van der Waals surface area contributed by atoms with Gasteiger partial charge in [0.15, 0.2) is 0 Å². The van der Waals surface area contributed by atoms with Crippen LogP contribution in [0.25, 0.3) is 0 Å². The molecule has 0 bridgehead atoms. The van der Waals surface area contributed by atoms with Crippen LogP contribution in [-0.4, -0.2) is 16.2 Å². The summed E-state index contributed by atoms with van der Waals surface area (Å²) in [5, 5.41) is 11.6. The van der Waals surface area contributed by atoms with Crippen LogP contribution in [-0.2, 0) is 18.0 Å². The van der Waals surface area contributed by atoms with Gasteiger partial charge in [0.2, 0.25) is 0 Å². The maximum absolute atomic E-state index is 13.8. The molecule has 1 N–H and O–H groups in total. The number of nitrogens with zero attached hydrogens (tertiary/aromatic N) is 1. The molecule has 1 heterocycles. The zero-order valence-electron chi connectivity index (χ0n) is 20.4. The molecule has 1 aromatic heterocycles. The average Bonchev–Trinajstić information content (AvgIpc) is 3.35. The minimum Gasteiger partial charge on any atom is -0.393 e. The molecule has 2 nitrogen and oxygen atoms in total. The van der Waals surface area contributed by atoms with Crippen molar-refractivity contribution in [3.8, 4) is 0 Å². The van der Waals surface area contributed by atoms with Crippen molar-refractivity contribution in [1.29, 1.82) is 0 Å². The van der Waals surface area contributed by atoms with Crippen molar-refractivity contribution in [3.05, 3.63) is 101 Å². The molecule has 3 aromatic rings. The Bertz CT molecular complexity index is 1110. The highest BCUT2D eigenvalue weighted by Gasteiger charge is 2.45. The van der Waals surface area contributed by atoms with Crippen LogP contribution in [0.1, 0.15) is 67.1 Å². The third-order valence-electron chi connectivity index (χ3n) is 7.78. The summed E-state index contributed by atoms with van der Waals surface area (Å²) in [6.45, 7) is 3.87. The molecule has 1 aliphatic carbocycles. The summed E-state index contributed by atoms with van der Waals surface area (Å²) < 4.78 is 41.4. The molecule has 1 aliphatic rings. The molecule has 2 aromatic carbocycles. The summed E-state index contributed by atoms with van der Waals surface area (Å²) in [6.07, 6.45) is 0.515. The van der Waals surface area contributed by atoms with Crippen LogP contribution in [0.4, 0.5) is 13.2 Å². The first-order valence-electron chi connectivity index (χ1n) is 12.5. The molecule has 4 rings (SSSR count). The molecule has 186 valence electrons. The second kappa shape index (κ2) is 10.5. The predicted molar refractivity (Wildman–Crippen MR) is 133 cm³/mol. The number of rotatable bonds is 8. The minimum absolute atomic E-state index is 0.360. The number of aliphatic hydroxyl groups excluding tert-OH is 1. The van der Waals surface area contributed by atoms with Crippen LogP contribution in [0.15, 0.2) is 72.8 Å². The Hall–Kier alpha value is -2.66. The summed E-state index contributed by atoms with van der Waals surface area (Å²) in [7, 11) is 0. The molecule has 3 atom stereocenters. The van der Waals surface area contributed by atoms with Gasteiger partial charge in [-0.05, 0) is 60.9 Å². The van der Waals surface area contributed by atoms with Crippen LogP contribution < -0.4 is 0 Å². The summed E-state index contributed by atoms with van der Waals surface area (Å²) in [4.78, 5) is 4.85. The van der Waals surface area contributed by atoms with Crippen LogP contribution in [0.5, 0.6) is 0 Å². The summed E-state index contributed by atoms with van der Waals surface area (Å²) in [6, 6.07) is 21.1. The van der Waals surface area contributed by atoms with Crippen molar-refractivity contribution in [3.63, 3.8) is 0 Å². The molecule has 0 spiro atoms. The molecular formula is C30H34F3NO. The molecule has 0 aliphatic heterocycles. The first-order valence-corrected chi connectivity index (χ1v) is 12.5. The van der Waals surface area contributed by atoms with Gasteiger partial charge in [0.25, 0.3) is 0 Å². The molecule has 0 radical (unpaired) electrons. The van der Waals surface area contributed by atoms with E-state index in [-0.39, 0.29) is 5.92 Å². The standard InChI is InChI=1S/C30H34F3NO/c1-21-10-8-17-28(34-21)29(20-24-13-4-3-5-14-24,22(2)27(35)18-23-11-6-7-12-23)25-15-9-16-26(19-25)30(31,32)33/h3-5,8-10,13-17,19,22-23,27,35H,6-7,11-12,18,20H2,1-2H3. The third kappa shape index (κ3) is 5.61. The number of halogens is 3. The monoisotopic (exact) mass is 481 g/mol. The molecular weight excluding hydrogens is 447 g/mol. The Balaban J connectivity index is 1.91. The van der Waals surface area contributed by atoms with Gasteiger partial charge in [-0.2, -0.15) is 13.2 Å². The van der Waals surface area contributed by atoms with E-state index in [1.807, 2.05) is 62.4 Å². The van der Waals surface area contributed by atoms with Gasteiger partial charge in [-0.15, -0.1) is 0 Å². The lowest BCUT2D eigenvalue weighted by Crippen LogP contribution is -2.44. The van der Waals surface area contributed by atoms with E-state index in [4.69, 9.17) is 4.98 Å². The fourth-order valence-electron chi connectivity index (χ4n) is 5.80. The fourth-order valence-corrected chi connectivity index (χ4v) is 5.80. The van der Waals surface area contributed by atoms with E-state index in [2.05, 4.69) is 0 Å². The molecule has 0 amide bonds. The molecule has 35 heavy (non-hydrogen) atoms. The van der Waals surface area contributed by atoms with Gasteiger partial charge in [0.1, 0.15) is 0 Å². The lowest BCUT2D eigenvalue weighted by Gasteiger charge is -2.43. The summed E-state index contributed by atoms with van der Waals surface area (Å²) in [5.41, 5.74) is 1.40. The third-order valence-corrected chi connectivity index (χ3v) is 7.78. The van der Waals surface area contributed by atoms with Crippen molar-refractivity contribution >= 4 is 0 Å². The molecule has 5 heteroatoms. The lowest BCUT2D eigenvalue weighted by molar-refractivity contribution is -0.137. The number of aromatic nitrogens is 1. The Labute approximate surface area is 206 Å². The number of aryl methyl sites for hydroxylation is 1. The van der Waals surface area contributed by atoms with Crippen LogP contribution in [0.2, 0.25) is 0 Å². The second-order valence-corrected chi connectivity index (χ2v) is 10.1. The zero-order valence-corrected chi connectivity index (χ0v) is 20.4. The van der Waals surface area contributed by atoms with Crippen LogP contribution in [0.3, 0.4) is 0 Å². The van der Waals surface area contributed by atoms with E-state index >= 15 is 0 Å². The van der Waals surface area contributed by atoms with Crippen molar-refractivity contribution in [2.75, 3.05) is 0 Å². The normalized spacial score (nSPS) is 18.2. The van der Waals surface area contributed by atoms with E-state index in [0.29, 0.717) is 30.0 Å². The van der Waals surface area contributed by atoms with Crippen molar-refractivity contribution in [2.45, 2.75) is 70.1 Å². The summed E-state index contributed by atoms with van der Waals surface area (Å²) >= 11 is 0. The highest BCUT2D eigenvalue weighted by molar-refractivity contribution is 5.43. The van der Waals surface area contributed by atoms with Gasteiger partial charge >= 0.3 is 6.18 Å². The van der Waals surface area contributed by atoms with Crippen molar-refractivity contribution < 1.29 is 18.3 Å². The first-order chi connectivity index (χ1) is 16.7. The van der Waals surface area contributed by atoms with Crippen LogP contribution >= 0.6 is 0 Å². The predicted octanol–water partition coefficient (Wildman–Crippen LogP) is 7.51. The highest BCUT2D eigenvalue weighted by Crippen LogP contribution is 2.46. The fraction of sp³-hybridized carbons (Fsp3) is 0.433. The number of hydrogen-bond donors (Lipinski definition) is 1. The Kier molecular flexibility index (Phi) is 7.65. The zero-order chi connectivity index (χ0) is 25.1.